The molecular formula is C29H30N2O4. The summed E-state index contributed by atoms with van der Waals surface area (Å²) in [6.45, 7) is 10.0. The van der Waals surface area contributed by atoms with Crippen molar-refractivity contribution in [2.45, 2.75) is 46.1 Å². The minimum absolute atomic E-state index is 0.0483. The number of pyridine rings is 1. The lowest BCUT2D eigenvalue weighted by atomic mass is 9.84. The zero-order valence-electron chi connectivity index (χ0n) is 20.9. The molecule has 4 rings (SSSR count). The maximum absolute atomic E-state index is 13.4. The lowest BCUT2D eigenvalue weighted by Crippen LogP contribution is -2.30. The zero-order chi connectivity index (χ0) is 25.5. The van der Waals surface area contributed by atoms with Crippen molar-refractivity contribution in [2.24, 2.45) is 0 Å². The van der Waals surface area contributed by atoms with Crippen molar-refractivity contribution in [1.29, 1.82) is 0 Å². The second-order valence-electron chi connectivity index (χ2n) is 9.83. The molecule has 0 radical (unpaired) electrons. The van der Waals surface area contributed by atoms with Crippen molar-refractivity contribution in [3.63, 3.8) is 0 Å². The van der Waals surface area contributed by atoms with Gasteiger partial charge in [-0.3, -0.25) is 19.5 Å². The van der Waals surface area contributed by atoms with E-state index in [0.717, 1.165) is 16.7 Å². The number of amides is 1. The minimum atomic E-state index is -0.793. The van der Waals surface area contributed by atoms with Gasteiger partial charge in [-0.2, -0.15) is 0 Å². The van der Waals surface area contributed by atoms with Gasteiger partial charge in [0, 0.05) is 29.2 Å². The number of hydrogen-bond acceptors (Lipinski definition) is 5. The number of aromatic nitrogens is 1. The van der Waals surface area contributed by atoms with Crippen LogP contribution in [0.2, 0.25) is 0 Å². The first-order chi connectivity index (χ1) is 16.6. The lowest BCUT2D eigenvalue weighted by molar-refractivity contribution is -0.132. The Balaban J connectivity index is 1.98. The molecule has 1 N–H and O–H groups in total. The fourth-order valence-electron chi connectivity index (χ4n) is 4.54. The monoisotopic (exact) mass is 470 g/mol. The number of methoxy groups -OCH3 is 1. The first kappa shape index (κ1) is 24.2. The molecular weight excluding hydrogens is 440 g/mol. The third-order valence-electron chi connectivity index (χ3n) is 6.58. The minimum Gasteiger partial charge on any atom is -0.507 e. The summed E-state index contributed by atoms with van der Waals surface area (Å²) in [7, 11) is 1.60. The van der Waals surface area contributed by atoms with E-state index in [1.54, 1.807) is 43.8 Å². The molecule has 2 heterocycles. The Kier molecular flexibility index (Phi) is 6.24. The second-order valence-corrected chi connectivity index (χ2v) is 9.83. The Bertz CT molecular complexity index is 1340. The molecule has 1 atom stereocenters. The number of nitrogens with zero attached hydrogens (tertiary/aromatic N) is 2. The summed E-state index contributed by atoms with van der Waals surface area (Å²) >= 11 is 0. The standard InChI is InChI=1S/C29H30N2O4/c1-17-8-7-9-22(18(17)2)31-25(19-12-14-30-15-13-19)24(27(33)28(31)34)26(32)20-10-11-23(35-6)21(16-20)29(3,4)5/h7-16,25,32H,1-6H3/b26-24-. The highest BCUT2D eigenvalue weighted by atomic mass is 16.5. The largest absolute Gasteiger partial charge is 0.507 e. The van der Waals surface area contributed by atoms with Gasteiger partial charge in [-0.05, 0) is 72.4 Å². The first-order valence-corrected chi connectivity index (χ1v) is 11.5. The summed E-state index contributed by atoms with van der Waals surface area (Å²) < 4.78 is 5.53. The van der Waals surface area contributed by atoms with E-state index in [0.29, 0.717) is 22.6 Å². The molecule has 6 nitrogen and oxygen atoms in total. The van der Waals surface area contributed by atoms with Gasteiger partial charge in [-0.15, -0.1) is 0 Å². The second kappa shape index (κ2) is 9.02. The predicted molar refractivity (Wildman–Crippen MR) is 137 cm³/mol. The quantitative estimate of drug-likeness (QED) is 0.304. The fraction of sp³-hybridized carbons (Fsp3) is 0.276. The molecule has 0 spiro atoms. The van der Waals surface area contributed by atoms with E-state index >= 15 is 0 Å². The van der Waals surface area contributed by atoms with Gasteiger partial charge in [0.15, 0.2) is 0 Å². The summed E-state index contributed by atoms with van der Waals surface area (Å²) in [4.78, 5) is 32.4. The highest BCUT2D eigenvalue weighted by molar-refractivity contribution is 6.51. The number of Topliss-reactive ketones (excluding diaryl/α,β-unsaturated/α-hetero) is 1. The SMILES string of the molecule is COc1ccc(/C(O)=C2/C(=O)C(=O)N(c3cccc(C)c3C)C2c2ccncc2)cc1C(C)(C)C. The molecule has 2 aromatic carbocycles. The van der Waals surface area contributed by atoms with E-state index in [1.807, 2.05) is 58.9 Å². The molecule has 0 aliphatic carbocycles. The van der Waals surface area contributed by atoms with Crippen LogP contribution >= 0.6 is 0 Å². The van der Waals surface area contributed by atoms with Gasteiger partial charge in [0.2, 0.25) is 0 Å². The van der Waals surface area contributed by atoms with Crippen molar-refractivity contribution in [2.75, 3.05) is 12.0 Å². The van der Waals surface area contributed by atoms with Crippen LogP contribution in [-0.4, -0.2) is 28.9 Å². The molecule has 1 unspecified atom stereocenters. The van der Waals surface area contributed by atoms with Gasteiger partial charge in [0.05, 0.1) is 18.7 Å². The zero-order valence-corrected chi connectivity index (χ0v) is 20.9. The Labute approximate surface area is 205 Å². The molecule has 1 aliphatic heterocycles. The lowest BCUT2D eigenvalue weighted by Gasteiger charge is -2.27. The van der Waals surface area contributed by atoms with Gasteiger partial charge < -0.3 is 9.84 Å². The number of aliphatic hydroxyl groups is 1. The number of rotatable bonds is 4. The van der Waals surface area contributed by atoms with E-state index in [1.165, 1.54) is 4.90 Å². The summed E-state index contributed by atoms with van der Waals surface area (Å²) in [5.41, 5.74) is 4.34. The molecule has 6 heteroatoms. The maximum Gasteiger partial charge on any atom is 0.300 e. The average molecular weight is 471 g/mol. The first-order valence-electron chi connectivity index (χ1n) is 11.5. The van der Waals surface area contributed by atoms with Crippen LogP contribution in [0.3, 0.4) is 0 Å². The van der Waals surface area contributed by atoms with Gasteiger partial charge in [-0.1, -0.05) is 32.9 Å². The molecule has 1 fully saturated rings. The van der Waals surface area contributed by atoms with Crippen LogP contribution in [0.1, 0.15) is 54.6 Å². The number of carbonyl (C=O) groups is 2. The van der Waals surface area contributed by atoms with E-state index in [-0.39, 0.29) is 16.7 Å². The van der Waals surface area contributed by atoms with Gasteiger partial charge in [-0.25, -0.2) is 0 Å². The van der Waals surface area contributed by atoms with Gasteiger partial charge in [0.1, 0.15) is 11.5 Å². The van der Waals surface area contributed by atoms with Crippen LogP contribution < -0.4 is 9.64 Å². The summed E-state index contributed by atoms with van der Waals surface area (Å²) in [6, 6.07) is 13.7. The predicted octanol–water partition coefficient (Wildman–Crippen LogP) is 5.63. The third kappa shape index (κ3) is 4.20. The van der Waals surface area contributed by atoms with E-state index in [9.17, 15) is 14.7 Å². The molecule has 1 saturated heterocycles. The molecule has 35 heavy (non-hydrogen) atoms. The Morgan fingerprint density at radius 3 is 2.34 bits per heavy atom. The Morgan fingerprint density at radius 1 is 1.03 bits per heavy atom. The molecule has 1 aliphatic rings. The molecule has 180 valence electrons. The van der Waals surface area contributed by atoms with Crippen molar-refractivity contribution >= 4 is 23.1 Å². The summed E-state index contributed by atoms with van der Waals surface area (Å²) in [5, 5.41) is 11.5. The highest BCUT2D eigenvalue weighted by Crippen LogP contribution is 2.44. The third-order valence-corrected chi connectivity index (χ3v) is 6.58. The van der Waals surface area contributed by atoms with Crippen molar-refractivity contribution in [3.8, 4) is 5.75 Å². The number of ketones is 1. The van der Waals surface area contributed by atoms with E-state index in [2.05, 4.69) is 4.98 Å². The van der Waals surface area contributed by atoms with Crippen LogP contribution in [0.4, 0.5) is 5.69 Å². The summed E-state index contributed by atoms with van der Waals surface area (Å²) in [6.07, 6.45) is 3.23. The smallest absolute Gasteiger partial charge is 0.300 e. The highest BCUT2D eigenvalue weighted by Gasteiger charge is 2.47. The number of hydrogen-bond donors (Lipinski definition) is 1. The Hall–Kier alpha value is -3.93. The van der Waals surface area contributed by atoms with E-state index in [4.69, 9.17) is 4.74 Å². The number of anilines is 1. The topological polar surface area (TPSA) is 79.7 Å². The average Bonchev–Trinajstić information content (AvgIpc) is 3.10. The number of ether oxygens (including phenoxy) is 1. The van der Waals surface area contributed by atoms with Crippen LogP contribution in [0.15, 0.2) is 66.5 Å². The van der Waals surface area contributed by atoms with Crippen molar-refractivity contribution in [3.05, 3.63) is 94.3 Å². The van der Waals surface area contributed by atoms with Crippen molar-refractivity contribution in [1.82, 2.24) is 4.98 Å². The molecule has 0 bridgehead atoms. The molecule has 0 saturated carbocycles. The molecule has 3 aromatic rings. The Morgan fingerprint density at radius 2 is 1.71 bits per heavy atom. The van der Waals surface area contributed by atoms with Crippen molar-refractivity contribution < 1.29 is 19.4 Å². The van der Waals surface area contributed by atoms with Gasteiger partial charge in [0.25, 0.3) is 11.7 Å². The molecule has 1 aromatic heterocycles. The van der Waals surface area contributed by atoms with E-state index < -0.39 is 17.7 Å². The summed E-state index contributed by atoms with van der Waals surface area (Å²) in [5.74, 6) is -0.924. The van der Waals surface area contributed by atoms with Crippen LogP contribution in [0, 0.1) is 13.8 Å². The normalized spacial score (nSPS) is 17.7. The van der Waals surface area contributed by atoms with Crippen LogP contribution in [-0.2, 0) is 15.0 Å². The number of benzene rings is 2. The van der Waals surface area contributed by atoms with Crippen LogP contribution in [0.5, 0.6) is 5.75 Å². The number of aryl methyl sites for hydroxylation is 1. The maximum atomic E-state index is 13.4. The number of aliphatic hydroxyl groups excluding tert-OH is 1. The van der Waals surface area contributed by atoms with Crippen LogP contribution in [0.25, 0.3) is 5.76 Å². The van der Waals surface area contributed by atoms with Gasteiger partial charge >= 0.3 is 0 Å². The number of carbonyl (C=O) groups excluding carboxylic acids is 2. The molecule has 1 amide bonds. The fourth-order valence-corrected chi connectivity index (χ4v) is 4.54.